The topological polar surface area (TPSA) is 3.01 Å². The molecule has 62 valence electrons. The molecule has 1 heterocycles. The van der Waals surface area contributed by atoms with Crippen LogP contribution >= 0.6 is 0 Å². The van der Waals surface area contributed by atoms with Gasteiger partial charge in [0.05, 0.1) is 5.92 Å². The average Bonchev–Trinajstić information content (AvgIpc) is 2.33. The fourth-order valence-electron chi connectivity index (χ4n) is 1.24. The second-order valence-electron chi connectivity index (χ2n) is 3.85. The average molecular weight is 152 g/mol. The molecule has 1 heteroatoms. The number of hydrogen-bond acceptors (Lipinski definition) is 0. The third kappa shape index (κ3) is 1.92. The van der Waals surface area contributed by atoms with Crippen LogP contribution in [0.15, 0.2) is 12.3 Å². The summed E-state index contributed by atoms with van der Waals surface area (Å²) >= 11 is 0. The van der Waals surface area contributed by atoms with Crippen LogP contribution in [0.25, 0.3) is 0 Å². The molecule has 0 radical (unpaired) electrons. The van der Waals surface area contributed by atoms with Gasteiger partial charge in [0, 0.05) is 0 Å². The maximum atomic E-state index is 2.31. The highest BCUT2D eigenvalue weighted by Crippen LogP contribution is 2.14. The van der Waals surface area contributed by atoms with Gasteiger partial charge in [0.15, 0.2) is 18.5 Å². The lowest BCUT2D eigenvalue weighted by Gasteiger charge is -2.04. The van der Waals surface area contributed by atoms with E-state index in [0.717, 1.165) is 5.92 Å². The Hall–Kier alpha value is -0.590. The lowest BCUT2D eigenvalue weighted by Crippen LogP contribution is -2.15. The lowest BCUT2D eigenvalue weighted by atomic mass is 9.99. The van der Waals surface area contributed by atoms with Gasteiger partial charge >= 0.3 is 0 Å². The Morgan fingerprint density at radius 3 is 2.09 bits per heavy atom. The molecule has 1 aliphatic rings. The molecule has 0 saturated heterocycles. The van der Waals surface area contributed by atoms with Gasteiger partial charge in [0.25, 0.3) is 0 Å². The summed E-state index contributed by atoms with van der Waals surface area (Å²) in [6.07, 6.45) is 6.79. The molecular formula is C10H18N+. The van der Waals surface area contributed by atoms with Gasteiger partial charge in [0.1, 0.15) is 0 Å². The smallest absolute Gasteiger partial charge is 0.165 e. The van der Waals surface area contributed by atoms with Crippen LogP contribution in [0.3, 0.4) is 0 Å². The Morgan fingerprint density at radius 2 is 1.82 bits per heavy atom. The Morgan fingerprint density at radius 1 is 1.18 bits per heavy atom. The van der Waals surface area contributed by atoms with E-state index in [-0.39, 0.29) is 0 Å². The predicted molar refractivity (Wildman–Crippen MR) is 48.9 cm³/mol. The van der Waals surface area contributed by atoms with Crippen LogP contribution in [-0.4, -0.2) is 16.8 Å². The number of allylic oxidation sites excluding steroid dienone is 1. The monoisotopic (exact) mass is 152 g/mol. The molecule has 1 aliphatic heterocycles. The van der Waals surface area contributed by atoms with E-state index in [1.54, 1.807) is 0 Å². The SMILES string of the molecule is CC(C)C1C=C[N+](C(C)C)=C1. The summed E-state index contributed by atoms with van der Waals surface area (Å²) in [7, 11) is 0. The first kappa shape index (κ1) is 8.51. The third-order valence-corrected chi connectivity index (χ3v) is 2.19. The van der Waals surface area contributed by atoms with Crippen LogP contribution in [0, 0.1) is 11.8 Å². The molecule has 1 atom stereocenters. The lowest BCUT2D eigenvalue weighted by molar-refractivity contribution is -0.484. The minimum Gasteiger partial charge on any atom is -0.207 e. The van der Waals surface area contributed by atoms with Crippen molar-refractivity contribution in [2.24, 2.45) is 11.8 Å². The van der Waals surface area contributed by atoms with Crippen LogP contribution in [0.2, 0.25) is 0 Å². The molecule has 11 heavy (non-hydrogen) atoms. The van der Waals surface area contributed by atoms with E-state index >= 15 is 0 Å². The second kappa shape index (κ2) is 3.21. The molecule has 1 nitrogen and oxygen atoms in total. The van der Waals surface area contributed by atoms with Crippen molar-refractivity contribution in [1.82, 2.24) is 0 Å². The van der Waals surface area contributed by atoms with Crippen LogP contribution in [-0.2, 0) is 0 Å². The van der Waals surface area contributed by atoms with Crippen LogP contribution < -0.4 is 0 Å². The van der Waals surface area contributed by atoms with Crippen molar-refractivity contribution in [3.63, 3.8) is 0 Å². The summed E-state index contributed by atoms with van der Waals surface area (Å²) in [4.78, 5) is 0. The van der Waals surface area contributed by atoms with Gasteiger partial charge in [-0.05, 0) is 25.8 Å². The van der Waals surface area contributed by atoms with Gasteiger partial charge in [-0.3, -0.25) is 0 Å². The van der Waals surface area contributed by atoms with E-state index in [1.807, 2.05) is 0 Å². The highest BCUT2D eigenvalue weighted by molar-refractivity contribution is 5.60. The van der Waals surface area contributed by atoms with E-state index < -0.39 is 0 Å². The third-order valence-electron chi connectivity index (χ3n) is 2.19. The quantitative estimate of drug-likeness (QED) is 0.534. The first-order valence-corrected chi connectivity index (χ1v) is 4.42. The molecular weight excluding hydrogens is 134 g/mol. The fourth-order valence-corrected chi connectivity index (χ4v) is 1.24. The molecule has 0 aromatic rings. The summed E-state index contributed by atoms with van der Waals surface area (Å²) < 4.78 is 2.28. The van der Waals surface area contributed by atoms with Gasteiger partial charge in [-0.15, -0.1) is 0 Å². The molecule has 0 spiro atoms. The largest absolute Gasteiger partial charge is 0.207 e. The summed E-state index contributed by atoms with van der Waals surface area (Å²) in [5.41, 5.74) is 0. The van der Waals surface area contributed by atoms with Crippen molar-refractivity contribution >= 4 is 6.21 Å². The van der Waals surface area contributed by atoms with Crippen molar-refractivity contribution in [2.45, 2.75) is 33.7 Å². The molecule has 0 N–H and O–H groups in total. The maximum absolute atomic E-state index is 2.31. The minimum absolute atomic E-state index is 0.606. The number of hydrogen-bond donors (Lipinski definition) is 0. The van der Waals surface area contributed by atoms with E-state index in [4.69, 9.17) is 0 Å². The van der Waals surface area contributed by atoms with E-state index in [1.165, 1.54) is 0 Å². The van der Waals surface area contributed by atoms with Crippen molar-refractivity contribution in [3.8, 4) is 0 Å². The van der Waals surface area contributed by atoms with Crippen molar-refractivity contribution in [1.29, 1.82) is 0 Å². The highest BCUT2D eigenvalue weighted by Gasteiger charge is 2.20. The number of rotatable bonds is 2. The van der Waals surface area contributed by atoms with Gasteiger partial charge in [-0.2, -0.15) is 0 Å². The Balaban J connectivity index is 2.63. The molecule has 1 rings (SSSR count). The molecule has 0 aliphatic carbocycles. The molecule has 1 unspecified atom stereocenters. The van der Waals surface area contributed by atoms with Crippen LogP contribution in [0.5, 0.6) is 0 Å². The van der Waals surface area contributed by atoms with Gasteiger partial charge in [0.2, 0.25) is 0 Å². The zero-order valence-electron chi connectivity index (χ0n) is 7.91. The molecule has 0 saturated carbocycles. The van der Waals surface area contributed by atoms with Gasteiger partial charge < -0.3 is 0 Å². The zero-order valence-corrected chi connectivity index (χ0v) is 7.91. The molecule has 0 aromatic heterocycles. The highest BCUT2D eigenvalue weighted by atomic mass is 15.0. The van der Waals surface area contributed by atoms with Crippen molar-refractivity contribution in [2.75, 3.05) is 0 Å². The second-order valence-corrected chi connectivity index (χ2v) is 3.85. The summed E-state index contributed by atoms with van der Waals surface area (Å²) in [6.45, 7) is 8.94. The summed E-state index contributed by atoms with van der Waals surface area (Å²) in [5.74, 6) is 1.38. The molecule has 0 bridgehead atoms. The summed E-state index contributed by atoms with van der Waals surface area (Å²) in [5, 5.41) is 0. The van der Waals surface area contributed by atoms with Gasteiger partial charge in [-0.25, -0.2) is 4.58 Å². The Bertz CT molecular complexity index is 187. The van der Waals surface area contributed by atoms with E-state index in [9.17, 15) is 0 Å². The van der Waals surface area contributed by atoms with Crippen molar-refractivity contribution in [3.05, 3.63) is 12.3 Å². The first-order valence-electron chi connectivity index (χ1n) is 4.42. The zero-order chi connectivity index (χ0) is 8.43. The Kier molecular flexibility index (Phi) is 2.48. The molecule has 0 fully saturated rings. The van der Waals surface area contributed by atoms with E-state index in [0.29, 0.717) is 12.0 Å². The summed E-state index contributed by atoms with van der Waals surface area (Å²) in [6, 6.07) is 0.606. The fraction of sp³-hybridized carbons (Fsp3) is 0.700. The van der Waals surface area contributed by atoms with Crippen LogP contribution in [0.4, 0.5) is 0 Å². The standard InChI is InChI=1S/C10H18N/c1-8(2)10-5-6-11(7-10)9(3)4/h5-10H,1-4H3/q+1. The minimum atomic E-state index is 0.606. The molecule has 0 aromatic carbocycles. The molecule has 0 amide bonds. The van der Waals surface area contributed by atoms with Crippen molar-refractivity contribution < 1.29 is 4.58 Å². The normalized spacial score (nSPS) is 23.5. The number of nitrogens with zero attached hydrogens (tertiary/aromatic N) is 1. The maximum Gasteiger partial charge on any atom is 0.165 e. The van der Waals surface area contributed by atoms with Crippen LogP contribution in [0.1, 0.15) is 27.7 Å². The predicted octanol–water partition coefficient (Wildman–Crippen LogP) is 2.28. The first-order chi connectivity index (χ1) is 5.11. The van der Waals surface area contributed by atoms with Gasteiger partial charge in [-0.1, -0.05) is 13.8 Å². The Labute approximate surface area is 69.4 Å². The van der Waals surface area contributed by atoms with E-state index in [2.05, 4.69) is 50.8 Å².